The molecule has 0 heterocycles. The second-order valence-electron chi connectivity index (χ2n) is 3.96. The van der Waals surface area contributed by atoms with Gasteiger partial charge in [-0.25, -0.2) is 13.2 Å². The van der Waals surface area contributed by atoms with Gasteiger partial charge in [0.2, 0.25) is 5.91 Å². The highest BCUT2D eigenvalue weighted by molar-refractivity contribution is 5.92. The minimum atomic E-state index is -4.00. The number of hydrogen-bond donors (Lipinski definition) is 2. The van der Waals surface area contributed by atoms with E-state index in [0.717, 1.165) is 0 Å². The second kappa shape index (κ2) is 6.96. The fraction of sp³-hybridized carbons (Fsp3) is 0.500. The molecule has 0 radical (unpaired) electrons. The van der Waals surface area contributed by atoms with Crippen LogP contribution in [0, 0.1) is 0 Å². The summed E-state index contributed by atoms with van der Waals surface area (Å²) in [6.07, 6.45) is 1.25. The van der Waals surface area contributed by atoms with Gasteiger partial charge in [0, 0.05) is 20.0 Å². The molecule has 0 rings (SSSR count). The zero-order chi connectivity index (χ0) is 15.1. The maximum atomic E-state index is 14.2. The number of alkyl halides is 3. The van der Waals surface area contributed by atoms with Gasteiger partial charge in [0.05, 0.1) is 6.42 Å². The molecule has 19 heavy (non-hydrogen) atoms. The van der Waals surface area contributed by atoms with Gasteiger partial charge in [-0.15, -0.1) is 13.2 Å². The first-order chi connectivity index (χ1) is 8.69. The third-order valence-electron chi connectivity index (χ3n) is 2.31. The molecule has 0 aliphatic rings. The maximum Gasteiger partial charge on any atom is 0.288 e. The van der Waals surface area contributed by atoms with Crippen LogP contribution in [0.1, 0.15) is 13.3 Å². The Bertz CT molecular complexity index is 366. The number of nitrogens with one attached hydrogen (secondary N) is 2. The number of amides is 2. The Balaban J connectivity index is 4.98. The van der Waals surface area contributed by atoms with Crippen molar-refractivity contribution < 1.29 is 22.8 Å². The quantitative estimate of drug-likeness (QED) is 0.658. The molecule has 0 aromatic rings. The van der Waals surface area contributed by atoms with Crippen molar-refractivity contribution in [3.05, 3.63) is 25.3 Å². The molecule has 0 saturated heterocycles. The van der Waals surface area contributed by atoms with Crippen LogP contribution in [0.4, 0.5) is 13.2 Å². The number of carbonyl (C=O) groups is 2. The molecule has 1 unspecified atom stereocenters. The molecule has 0 aromatic carbocycles. The van der Waals surface area contributed by atoms with E-state index >= 15 is 0 Å². The van der Waals surface area contributed by atoms with Crippen molar-refractivity contribution in [2.45, 2.75) is 24.9 Å². The highest BCUT2D eigenvalue weighted by Gasteiger charge is 2.58. The predicted molar refractivity (Wildman–Crippen MR) is 65.5 cm³/mol. The van der Waals surface area contributed by atoms with E-state index in [1.54, 1.807) is 0 Å². The van der Waals surface area contributed by atoms with Crippen LogP contribution in [0.15, 0.2) is 25.3 Å². The van der Waals surface area contributed by atoms with Gasteiger partial charge in [0.1, 0.15) is 0 Å². The molecular weight excluding hydrogens is 261 g/mol. The van der Waals surface area contributed by atoms with E-state index in [0.29, 0.717) is 0 Å². The van der Waals surface area contributed by atoms with Crippen LogP contribution in [0.2, 0.25) is 0 Å². The molecule has 0 fully saturated rings. The molecule has 0 aliphatic heterocycles. The highest BCUT2D eigenvalue weighted by atomic mass is 19.3. The fourth-order valence-corrected chi connectivity index (χ4v) is 1.21. The molecule has 7 heteroatoms. The van der Waals surface area contributed by atoms with E-state index in [9.17, 15) is 22.8 Å². The van der Waals surface area contributed by atoms with Crippen molar-refractivity contribution >= 4 is 11.8 Å². The Labute approximate surface area is 109 Å². The molecule has 0 spiro atoms. The molecule has 0 aromatic heterocycles. The van der Waals surface area contributed by atoms with E-state index in [2.05, 4.69) is 18.5 Å². The minimum Gasteiger partial charge on any atom is -0.353 e. The van der Waals surface area contributed by atoms with Gasteiger partial charge in [-0.2, -0.15) is 0 Å². The summed E-state index contributed by atoms with van der Waals surface area (Å²) in [6, 6.07) is 0. The van der Waals surface area contributed by atoms with Crippen LogP contribution >= 0.6 is 0 Å². The second-order valence-corrected chi connectivity index (χ2v) is 3.96. The standard InChI is InChI=1S/C12H17F3N2O2/c1-4-6-16-9(18)8-12(15,11(3,13)14)10(19)17-7-5-2/h4-5H,1-2,6-8H2,3H3,(H,16,18)(H,17,19). The summed E-state index contributed by atoms with van der Waals surface area (Å²) in [4.78, 5) is 22.8. The smallest absolute Gasteiger partial charge is 0.288 e. The normalized spacial score (nSPS) is 14.1. The van der Waals surface area contributed by atoms with Gasteiger partial charge in [0.15, 0.2) is 0 Å². The first-order valence-electron chi connectivity index (χ1n) is 5.52. The van der Waals surface area contributed by atoms with Gasteiger partial charge in [-0.05, 0) is 0 Å². The number of carbonyl (C=O) groups excluding carboxylic acids is 2. The topological polar surface area (TPSA) is 58.2 Å². The summed E-state index contributed by atoms with van der Waals surface area (Å²) in [5, 5.41) is 4.07. The summed E-state index contributed by atoms with van der Waals surface area (Å²) in [5.74, 6) is -6.55. The first kappa shape index (κ1) is 17.2. The van der Waals surface area contributed by atoms with Crippen LogP contribution in [0.5, 0.6) is 0 Å². The summed E-state index contributed by atoms with van der Waals surface area (Å²) in [6.45, 7) is 6.65. The Morgan fingerprint density at radius 1 is 1.11 bits per heavy atom. The molecule has 1 atom stereocenters. The molecular formula is C12H17F3N2O2. The highest BCUT2D eigenvalue weighted by Crippen LogP contribution is 2.35. The van der Waals surface area contributed by atoms with E-state index in [-0.39, 0.29) is 20.0 Å². The van der Waals surface area contributed by atoms with E-state index in [4.69, 9.17) is 0 Å². The SMILES string of the molecule is C=CCNC(=O)CC(F)(C(=O)NCC=C)C(C)(F)F. The maximum absolute atomic E-state index is 14.2. The summed E-state index contributed by atoms with van der Waals surface area (Å²) in [7, 11) is 0. The van der Waals surface area contributed by atoms with Gasteiger partial charge in [-0.3, -0.25) is 9.59 Å². The van der Waals surface area contributed by atoms with Crippen LogP contribution in [0.3, 0.4) is 0 Å². The average molecular weight is 278 g/mol. The van der Waals surface area contributed by atoms with Crippen molar-refractivity contribution in [2.75, 3.05) is 13.1 Å². The largest absolute Gasteiger partial charge is 0.353 e. The van der Waals surface area contributed by atoms with Gasteiger partial charge >= 0.3 is 0 Å². The van der Waals surface area contributed by atoms with Crippen LogP contribution in [-0.4, -0.2) is 36.5 Å². The van der Waals surface area contributed by atoms with Crippen LogP contribution in [-0.2, 0) is 9.59 Å². The molecule has 2 N–H and O–H groups in total. The Kier molecular flexibility index (Phi) is 6.31. The molecule has 0 bridgehead atoms. The average Bonchev–Trinajstić information content (AvgIpc) is 2.31. The number of rotatable bonds is 8. The summed E-state index contributed by atoms with van der Waals surface area (Å²) >= 11 is 0. The zero-order valence-electron chi connectivity index (χ0n) is 10.6. The van der Waals surface area contributed by atoms with E-state index in [1.807, 2.05) is 5.32 Å². The van der Waals surface area contributed by atoms with Crippen LogP contribution in [0.25, 0.3) is 0 Å². The lowest BCUT2D eigenvalue weighted by atomic mass is 9.93. The molecule has 108 valence electrons. The van der Waals surface area contributed by atoms with Crippen molar-refractivity contribution in [2.24, 2.45) is 0 Å². The Morgan fingerprint density at radius 2 is 1.58 bits per heavy atom. The molecule has 2 amide bonds. The van der Waals surface area contributed by atoms with E-state index < -0.39 is 29.8 Å². The van der Waals surface area contributed by atoms with Crippen molar-refractivity contribution in [1.29, 1.82) is 0 Å². The first-order valence-corrected chi connectivity index (χ1v) is 5.52. The van der Waals surface area contributed by atoms with Gasteiger partial charge in [-0.1, -0.05) is 12.2 Å². The van der Waals surface area contributed by atoms with Crippen molar-refractivity contribution in [3.63, 3.8) is 0 Å². The van der Waals surface area contributed by atoms with Crippen molar-refractivity contribution in [3.8, 4) is 0 Å². The minimum absolute atomic E-state index is 0.00151. The Hall–Kier alpha value is -1.79. The van der Waals surface area contributed by atoms with Crippen molar-refractivity contribution in [1.82, 2.24) is 10.6 Å². The molecule has 0 saturated carbocycles. The lowest BCUT2D eigenvalue weighted by Crippen LogP contribution is -2.56. The van der Waals surface area contributed by atoms with E-state index in [1.165, 1.54) is 12.2 Å². The third-order valence-corrected chi connectivity index (χ3v) is 2.31. The zero-order valence-corrected chi connectivity index (χ0v) is 10.6. The monoisotopic (exact) mass is 278 g/mol. The number of halogens is 3. The summed E-state index contributed by atoms with van der Waals surface area (Å²) in [5.41, 5.74) is -3.61. The third kappa shape index (κ3) is 4.76. The Morgan fingerprint density at radius 3 is 2.00 bits per heavy atom. The molecule has 0 aliphatic carbocycles. The van der Waals surface area contributed by atoms with Gasteiger partial charge in [0.25, 0.3) is 17.5 Å². The lowest BCUT2D eigenvalue weighted by Gasteiger charge is -2.29. The molecule has 4 nitrogen and oxygen atoms in total. The van der Waals surface area contributed by atoms with Gasteiger partial charge < -0.3 is 10.6 Å². The van der Waals surface area contributed by atoms with Crippen LogP contribution < -0.4 is 10.6 Å². The lowest BCUT2D eigenvalue weighted by molar-refractivity contribution is -0.168. The predicted octanol–water partition coefficient (Wildman–Crippen LogP) is 1.34. The fourth-order valence-electron chi connectivity index (χ4n) is 1.21. The number of hydrogen-bond acceptors (Lipinski definition) is 2. The summed E-state index contributed by atoms with van der Waals surface area (Å²) < 4.78 is 40.7.